The molecule has 4 aromatic rings. The van der Waals surface area contributed by atoms with Gasteiger partial charge in [-0.15, -0.1) is 11.8 Å². The number of anilines is 1. The first kappa shape index (κ1) is 21.0. The lowest BCUT2D eigenvalue weighted by Gasteiger charge is -2.32. The molecule has 1 atom stereocenters. The number of benzene rings is 3. The number of aromatic nitrogens is 1. The first-order valence-electron chi connectivity index (χ1n) is 10.5. The minimum atomic E-state index is -1.34. The molecule has 3 amide bonds. The second kappa shape index (κ2) is 7.75. The molecule has 2 aliphatic heterocycles. The predicted octanol–water partition coefficient (Wildman–Crippen LogP) is 4.62. The maximum Gasteiger partial charge on any atom is 0.287 e. The molecule has 3 N–H and O–H groups in total. The fourth-order valence-corrected chi connectivity index (χ4v) is 6.21. The summed E-state index contributed by atoms with van der Waals surface area (Å²) in [6.07, 6.45) is 0. The summed E-state index contributed by atoms with van der Waals surface area (Å²) in [6.45, 7) is 0. The number of aromatic amines is 1. The van der Waals surface area contributed by atoms with E-state index in [2.05, 4.69) is 31.7 Å². The Hall–Kier alpha value is -3.56. The minimum Gasteiger partial charge on any atom is -0.350 e. The Balaban J connectivity index is 1.46. The van der Waals surface area contributed by atoms with Gasteiger partial charge in [0.2, 0.25) is 4.87 Å². The van der Waals surface area contributed by atoms with E-state index in [1.807, 2.05) is 60.7 Å². The Kier molecular flexibility index (Phi) is 4.79. The second-order valence-electron chi connectivity index (χ2n) is 8.03. The number of nitrogens with zero attached hydrogens (tertiary/aromatic N) is 1. The monoisotopic (exact) mass is 532 g/mol. The number of H-pyrrole nitrogens is 1. The van der Waals surface area contributed by atoms with Gasteiger partial charge >= 0.3 is 0 Å². The summed E-state index contributed by atoms with van der Waals surface area (Å²) in [7, 11) is 0. The third-order valence-corrected chi connectivity index (χ3v) is 7.97. The molecule has 3 aromatic carbocycles. The van der Waals surface area contributed by atoms with Crippen molar-refractivity contribution in [1.82, 2.24) is 15.4 Å². The molecule has 6 rings (SSSR count). The number of thioether (sulfide) groups is 1. The SMILES string of the molecule is O=C(NN1C(=O)CSC12C(=O)Nc1ccccc12)c1[nH]c2ccc(Br)cc2c1-c1ccccc1. The number of carbonyl (C=O) groups excluding carboxylic acids is 3. The molecule has 1 fully saturated rings. The Morgan fingerprint density at radius 1 is 1.03 bits per heavy atom. The average molecular weight is 533 g/mol. The Morgan fingerprint density at radius 3 is 2.62 bits per heavy atom. The number of carbonyl (C=O) groups is 3. The highest BCUT2D eigenvalue weighted by atomic mass is 79.9. The van der Waals surface area contributed by atoms with Crippen molar-refractivity contribution in [2.75, 3.05) is 11.1 Å². The molecule has 0 bridgehead atoms. The third kappa shape index (κ3) is 3.00. The number of hydrogen-bond acceptors (Lipinski definition) is 4. The summed E-state index contributed by atoms with van der Waals surface area (Å²) in [5.41, 5.74) is 6.72. The molecule has 3 heterocycles. The van der Waals surface area contributed by atoms with Gasteiger partial charge in [-0.05, 0) is 29.8 Å². The van der Waals surface area contributed by atoms with Gasteiger partial charge in [-0.1, -0.05) is 64.5 Å². The zero-order valence-corrected chi connectivity index (χ0v) is 20.0. The number of hydrogen-bond donors (Lipinski definition) is 3. The molecule has 34 heavy (non-hydrogen) atoms. The lowest BCUT2D eigenvalue weighted by Crippen LogP contribution is -2.55. The van der Waals surface area contributed by atoms with E-state index in [9.17, 15) is 14.4 Å². The molecule has 0 aliphatic carbocycles. The van der Waals surface area contributed by atoms with Crippen LogP contribution in [0.2, 0.25) is 0 Å². The second-order valence-corrected chi connectivity index (χ2v) is 10.1. The van der Waals surface area contributed by atoms with E-state index in [-0.39, 0.29) is 17.6 Å². The van der Waals surface area contributed by atoms with Crippen molar-refractivity contribution in [2.24, 2.45) is 0 Å². The van der Waals surface area contributed by atoms with Crippen molar-refractivity contribution in [3.05, 3.63) is 88.5 Å². The molecular weight excluding hydrogens is 516 g/mol. The lowest BCUT2D eigenvalue weighted by atomic mass is 10.0. The Bertz CT molecular complexity index is 1500. The maximum atomic E-state index is 13.7. The molecular formula is C25H17BrN4O3S. The number of rotatable bonds is 3. The van der Waals surface area contributed by atoms with Gasteiger partial charge in [0, 0.05) is 32.2 Å². The fourth-order valence-electron chi connectivity index (χ4n) is 4.59. The molecule has 9 heteroatoms. The normalized spacial score (nSPS) is 19.0. The third-order valence-electron chi connectivity index (χ3n) is 6.08. The molecule has 1 spiro atoms. The summed E-state index contributed by atoms with van der Waals surface area (Å²) in [6, 6.07) is 22.5. The molecule has 2 aliphatic rings. The van der Waals surface area contributed by atoms with E-state index in [4.69, 9.17) is 0 Å². The smallest absolute Gasteiger partial charge is 0.287 e. The quantitative estimate of drug-likeness (QED) is 0.358. The first-order valence-corrected chi connectivity index (χ1v) is 12.3. The van der Waals surface area contributed by atoms with E-state index in [1.165, 1.54) is 16.8 Å². The summed E-state index contributed by atoms with van der Waals surface area (Å²) < 4.78 is 0.882. The van der Waals surface area contributed by atoms with Crippen LogP contribution in [0, 0.1) is 0 Å². The number of amides is 3. The van der Waals surface area contributed by atoms with Crippen LogP contribution in [0.15, 0.2) is 77.3 Å². The van der Waals surface area contributed by atoms with E-state index in [0.29, 0.717) is 16.9 Å². The molecule has 1 saturated heterocycles. The van der Waals surface area contributed by atoms with Gasteiger partial charge in [-0.3, -0.25) is 19.8 Å². The van der Waals surface area contributed by atoms with Crippen molar-refractivity contribution in [2.45, 2.75) is 4.87 Å². The summed E-state index contributed by atoms with van der Waals surface area (Å²) in [5.74, 6) is -1.12. The molecule has 0 saturated carbocycles. The van der Waals surface area contributed by atoms with Gasteiger partial charge < -0.3 is 10.3 Å². The van der Waals surface area contributed by atoms with Crippen molar-refractivity contribution >= 4 is 62.0 Å². The van der Waals surface area contributed by atoms with Crippen LogP contribution in [-0.4, -0.2) is 33.5 Å². The van der Waals surface area contributed by atoms with Gasteiger partial charge in [0.1, 0.15) is 5.69 Å². The van der Waals surface area contributed by atoms with Crippen LogP contribution >= 0.6 is 27.7 Å². The molecule has 7 nitrogen and oxygen atoms in total. The summed E-state index contributed by atoms with van der Waals surface area (Å²) >= 11 is 4.71. The standard InChI is InChI=1S/C25H17BrN4O3S/c26-15-10-11-18-16(12-15)21(14-6-2-1-3-7-14)22(27-18)23(32)29-30-20(31)13-34-25(30)17-8-4-5-9-19(17)28-24(25)33/h1-12,27H,13H2,(H,28,33)(H,29,32). The first-order chi connectivity index (χ1) is 16.5. The van der Waals surface area contributed by atoms with Gasteiger partial charge in [-0.25, -0.2) is 5.01 Å². The van der Waals surface area contributed by atoms with Crippen molar-refractivity contribution < 1.29 is 14.4 Å². The van der Waals surface area contributed by atoms with Crippen LogP contribution in [0.1, 0.15) is 16.1 Å². The van der Waals surface area contributed by atoms with Crippen molar-refractivity contribution in [3.63, 3.8) is 0 Å². The maximum absolute atomic E-state index is 13.7. The zero-order chi connectivity index (χ0) is 23.4. The number of para-hydroxylation sites is 1. The molecule has 1 unspecified atom stereocenters. The van der Waals surface area contributed by atoms with Crippen molar-refractivity contribution in [1.29, 1.82) is 0 Å². The highest BCUT2D eigenvalue weighted by Crippen LogP contribution is 2.51. The molecule has 1 aromatic heterocycles. The Morgan fingerprint density at radius 2 is 1.79 bits per heavy atom. The zero-order valence-electron chi connectivity index (χ0n) is 17.6. The molecule has 0 radical (unpaired) electrons. The van der Waals surface area contributed by atoms with E-state index in [0.717, 1.165) is 26.5 Å². The number of halogens is 1. The summed E-state index contributed by atoms with van der Waals surface area (Å²) in [5, 5.41) is 4.89. The lowest BCUT2D eigenvalue weighted by molar-refractivity contribution is -0.139. The van der Waals surface area contributed by atoms with E-state index >= 15 is 0 Å². The van der Waals surface area contributed by atoms with E-state index < -0.39 is 10.8 Å². The highest BCUT2D eigenvalue weighted by molar-refractivity contribution is 9.10. The average Bonchev–Trinajstić information content (AvgIpc) is 3.47. The number of hydrazine groups is 1. The van der Waals surface area contributed by atoms with Gasteiger partial charge in [0.05, 0.1) is 5.75 Å². The van der Waals surface area contributed by atoms with Crippen LogP contribution in [-0.2, 0) is 14.5 Å². The fraction of sp³-hybridized carbons (Fsp3) is 0.0800. The van der Waals surface area contributed by atoms with Gasteiger partial charge in [-0.2, -0.15) is 0 Å². The van der Waals surface area contributed by atoms with Crippen LogP contribution in [0.5, 0.6) is 0 Å². The van der Waals surface area contributed by atoms with Crippen LogP contribution in [0.25, 0.3) is 22.0 Å². The van der Waals surface area contributed by atoms with Crippen LogP contribution < -0.4 is 10.7 Å². The van der Waals surface area contributed by atoms with Crippen LogP contribution in [0.3, 0.4) is 0 Å². The van der Waals surface area contributed by atoms with Crippen LogP contribution in [0.4, 0.5) is 5.69 Å². The largest absolute Gasteiger partial charge is 0.350 e. The number of nitrogens with one attached hydrogen (secondary N) is 3. The topological polar surface area (TPSA) is 94.3 Å². The molecule has 168 valence electrons. The van der Waals surface area contributed by atoms with Gasteiger partial charge in [0.25, 0.3) is 17.7 Å². The van der Waals surface area contributed by atoms with Gasteiger partial charge in [0.15, 0.2) is 0 Å². The summed E-state index contributed by atoms with van der Waals surface area (Å²) in [4.78, 5) is 41.6. The van der Waals surface area contributed by atoms with E-state index in [1.54, 1.807) is 12.1 Å². The number of fused-ring (bicyclic) bond motifs is 3. The minimum absolute atomic E-state index is 0.0766. The Labute approximate surface area is 207 Å². The van der Waals surface area contributed by atoms with Crippen molar-refractivity contribution in [3.8, 4) is 11.1 Å². The highest BCUT2D eigenvalue weighted by Gasteiger charge is 2.59. The predicted molar refractivity (Wildman–Crippen MR) is 135 cm³/mol.